The number of hydrogen-bond donors (Lipinski definition) is 0. The topological polar surface area (TPSA) is 36.4 Å². The number of carbonyl (C=O) groups excluding carboxylic acids is 1. The molecule has 1 aromatic carbocycles. The van der Waals surface area contributed by atoms with Crippen molar-refractivity contribution in [2.24, 2.45) is 5.92 Å². The van der Waals surface area contributed by atoms with Gasteiger partial charge in [0.15, 0.2) is 0 Å². The molecule has 132 valence electrons. The maximum Gasteiger partial charge on any atom is 0.255 e. The zero-order valence-electron chi connectivity index (χ0n) is 15.2. The van der Waals surface area contributed by atoms with Crippen LogP contribution in [0.3, 0.4) is 0 Å². The van der Waals surface area contributed by atoms with Crippen molar-refractivity contribution in [1.29, 1.82) is 0 Å². The first-order valence-corrected chi connectivity index (χ1v) is 9.05. The molecule has 0 atom stereocenters. The molecule has 3 rings (SSSR count). The molecule has 2 heterocycles. The Morgan fingerprint density at radius 1 is 1.20 bits per heavy atom. The number of pyridine rings is 1. The monoisotopic (exact) mass is 337 g/mol. The standard InChI is InChI=1S/C21H27N3O/c1-17-12-20(14-22-13-17)21(25)24-10-8-19(9-11-24)16-23(2)15-18-6-4-3-5-7-18/h3-7,12-14,19H,8-11,15-16H2,1-2H3. The van der Waals surface area contributed by atoms with Crippen LogP contribution in [-0.2, 0) is 6.54 Å². The number of aryl methyl sites for hydroxylation is 1. The summed E-state index contributed by atoms with van der Waals surface area (Å²) in [7, 11) is 2.18. The van der Waals surface area contributed by atoms with E-state index in [9.17, 15) is 4.79 Å². The Kier molecular flexibility index (Phi) is 5.82. The molecule has 1 amide bonds. The van der Waals surface area contributed by atoms with Gasteiger partial charge in [0.2, 0.25) is 0 Å². The molecule has 1 aromatic heterocycles. The van der Waals surface area contributed by atoms with Crippen LogP contribution in [0.5, 0.6) is 0 Å². The molecule has 0 aliphatic carbocycles. The zero-order chi connectivity index (χ0) is 17.6. The fourth-order valence-electron chi connectivity index (χ4n) is 3.57. The first-order valence-electron chi connectivity index (χ1n) is 9.05. The molecule has 4 heteroatoms. The lowest BCUT2D eigenvalue weighted by Gasteiger charge is -2.34. The van der Waals surface area contributed by atoms with Crippen molar-refractivity contribution in [3.05, 3.63) is 65.5 Å². The smallest absolute Gasteiger partial charge is 0.255 e. The molecular weight excluding hydrogens is 310 g/mol. The van der Waals surface area contributed by atoms with Crippen molar-refractivity contribution < 1.29 is 4.79 Å². The van der Waals surface area contributed by atoms with Gasteiger partial charge in [-0.2, -0.15) is 0 Å². The average Bonchev–Trinajstić information content (AvgIpc) is 2.62. The molecule has 0 bridgehead atoms. The summed E-state index contributed by atoms with van der Waals surface area (Å²) in [4.78, 5) is 21.1. The number of piperidine rings is 1. The zero-order valence-corrected chi connectivity index (χ0v) is 15.2. The van der Waals surface area contributed by atoms with Crippen LogP contribution in [0.2, 0.25) is 0 Å². The van der Waals surface area contributed by atoms with E-state index in [2.05, 4.69) is 47.3 Å². The number of amides is 1. The second-order valence-electron chi connectivity index (χ2n) is 7.17. The van der Waals surface area contributed by atoms with Crippen molar-refractivity contribution >= 4 is 5.91 Å². The number of hydrogen-bond acceptors (Lipinski definition) is 3. The van der Waals surface area contributed by atoms with Gasteiger partial charge in [-0.25, -0.2) is 0 Å². The number of benzene rings is 1. The number of nitrogens with zero attached hydrogens (tertiary/aromatic N) is 3. The van der Waals surface area contributed by atoms with E-state index in [1.807, 2.05) is 17.9 Å². The van der Waals surface area contributed by atoms with Gasteiger partial charge in [-0.3, -0.25) is 9.78 Å². The highest BCUT2D eigenvalue weighted by molar-refractivity contribution is 5.94. The number of rotatable bonds is 5. The van der Waals surface area contributed by atoms with Gasteiger partial charge in [-0.15, -0.1) is 0 Å². The molecule has 1 aliphatic heterocycles. The highest BCUT2D eigenvalue weighted by Gasteiger charge is 2.24. The Hall–Kier alpha value is -2.20. The van der Waals surface area contributed by atoms with Crippen LogP contribution in [0, 0.1) is 12.8 Å². The van der Waals surface area contributed by atoms with Gasteiger partial charge in [-0.1, -0.05) is 30.3 Å². The Morgan fingerprint density at radius 3 is 2.60 bits per heavy atom. The maximum atomic E-state index is 12.6. The third-order valence-electron chi connectivity index (χ3n) is 4.89. The van der Waals surface area contributed by atoms with Crippen molar-refractivity contribution in [2.45, 2.75) is 26.3 Å². The molecule has 0 N–H and O–H groups in total. The highest BCUT2D eigenvalue weighted by Crippen LogP contribution is 2.20. The van der Waals surface area contributed by atoms with E-state index in [1.54, 1.807) is 12.4 Å². The van der Waals surface area contributed by atoms with Crippen LogP contribution in [0.4, 0.5) is 0 Å². The minimum Gasteiger partial charge on any atom is -0.339 e. The van der Waals surface area contributed by atoms with E-state index in [0.717, 1.165) is 44.6 Å². The molecule has 1 aliphatic rings. The van der Waals surface area contributed by atoms with Crippen LogP contribution < -0.4 is 0 Å². The lowest BCUT2D eigenvalue weighted by molar-refractivity contribution is 0.0671. The van der Waals surface area contributed by atoms with E-state index >= 15 is 0 Å². The largest absolute Gasteiger partial charge is 0.339 e. The number of carbonyl (C=O) groups is 1. The van der Waals surface area contributed by atoms with Gasteiger partial charge in [0.05, 0.1) is 5.56 Å². The molecule has 0 radical (unpaired) electrons. The van der Waals surface area contributed by atoms with Gasteiger partial charge < -0.3 is 9.80 Å². The molecule has 1 saturated heterocycles. The second kappa shape index (κ2) is 8.26. The van der Waals surface area contributed by atoms with Crippen molar-refractivity contribution in [2.75, 3.05) is 26.7 Å². The minimum absolute atomic E-state index is 0.118. The fourth-order valence-corrected chi connectivity index (χ4v) is 3.57. The molecule has 2 aromatic rings. The van der Waals surface area contributed by atoms with E-state index in [-0.39, 0.29) is 5.91 Å². The lowest BCUT2D eigenvalue weighted by Crippen LogP contribution is -2.41. The molecule has 1 fully saturated rings. The quantitative estimate of drug-likeness (QED) is 0.839. The molecule has 25 heavy (non-hydrogen) atoms. The van der Waals surface area contributed by atoms with Crippen LogP contribution in [0.1, 0.15) is 34.3 Å². The third-order valence-corrected chi connectivity index (χ3v) is 4.89. The fraction of sp³-hybridized carbons (Fsp3) is 0.429. The van der Waals surface area contributed by atoms with E-state index in [1.165, 1.54) is 5.56 Å². The Labute approximate surface area is 150 Å². The van der Waals surface area contributed by atoms with Gasteiger partial charge in [0, 0.05) is 38.6 Å². The predicted molar refractivity (Wildman–Crippen MR) is 100 cm³/mol. The van der Waals surface area contributed by atoms with E-state index in [4.69, 9.17) is 0 Å². The third kappa shape index (κ3) is 4.89. The predicted octanol–water partition coefficient (Wildman–Crippen LogP) is 3.37. The molecular formula is C21H27N3O. The number of likely N-dealkylation sites (tertiary alicyclic amines) is 1. The van der Waals surface area contributed by atoms with Crippen molar-refractivity contribution in [1.82, 2.24) is 14.8 Å². The molecule has 0 spiro atoms. The molecule has 0 unspecified atom stereocenters. The summed E-state index contributed by atoms with van der Waals surface area (Å²) in [6.45, 7) is 5.73. The lowest BCUT2D eigenvalue weighted by atomic mass is 9.95. The normalized spacial score (nSPS) is 15.6. The summed E-state index contributed by atoms with van der Waals surface area (Å²) in [5.41, 5.74) is 3.09. The average molecular weight is 337 g/mol. The first kappa shape index (κ1) is 17.6. The van der Waals surface area contributed by atoms with Gasteiger partial charge in [-0.05, 0) is 49.9 Å². The Bertz CT molecular complexity index is 693. The summed E-state index contributed by atoms with van der Waals surface area (Å²) in [6.07, 6.45) is 5.61. The van der Waals surface area contributed by atoms with Gasteiger partial charge in [0.25, 0.3) is 5.91 Å². The number of aromatic nitrogens is 1. The van der Waals surface area contributed by atoms with Crippen LogP contribution in [-0.4, -0.2) is 47.4 Å². The summed E-state index contributed by atoms with van der Waals surface area (Å²) in [6, 6.07) is 12.5. The van der Waals surface area contributed by atoms with Crippen LogP contribution >= 0.6 is 0 Å². The SMILES string of the molecule is Cc1cncc(C(=O)N2CCC(CN(C)Cc3ccccc3)CC2)c1. The molecule has 4 nitrogen and oxygen atoms in total. The van der Waals surface area contributed by atoms with Gasteiger partial charge >= 0.3 is 0 Å². The van der Waals surface area contributed by atoms with Crippen LogP contribution in [0.25, 0.3) is 0 Å². The molecule has 0 saturated carbocycles. The Morgan fingerprint density at radius 2 is 1.92 bits per heavy atom. The summed E-state index contributed by atoms with van der Waals surface area (Å²) in [5.74, 6) is 0.778. The van der Waals surface area contributed by atoms with E-state index in [0.29, 0.717) is 11.5 Å². The van der Waals surface area contributed by atoms with Crippen molar-refractivity contribution in [3.8, 4) is 0 Å². The summed E-state index contributed by atoms with van der Waals surface area (Å²) >= 11 is 0. The minimum atomic E-state index is 0.118. The summed E-state index contributed by atoms with van der Waals surface area (Å²) in [5, 5.41) is 0. The van der Waals surface area contributed by atoms with Crippen LogP contribution in [0.15, 0.2) is 48.8 Å². The van der Waals surface area contributed by atoms with E-state index < -0.39 is 0 Å². The second-order valence-corrected chi connectivity index (χ2v) is 7.17. The maximum absolute atomic E-state index is 12.6. The highest BCUT2D eigenvalue weighted by atomic mass is 16.2. The van der Waals surface area contributed by atoms with Gasteiger partial charge in [0.1, 0.15) is 0 Å². The van der Waals surface area contributed by atoms with Crippen molar-refractivity contribution in [3.63, 3.8) is 0 Å². The first-order chi connectivity index (χ1) is 12.1. The summed E-state index contributed by atoms with van der Waals surface area (Å²) < 4.78 is 0. The Balaban J connectivity index is 1.47.